The first kappa shape index (κ1) is 20.0. The van der Waals surface area contributed by atoms with Crippen LogP contribution in [0.1, 0.15) is 15.9 Å². The predicted molar refractivity (Wildman–Crippen MR) is 98.4 cm³/mol. The van der Waals surface area contributed by atoms with E-state index in [1.165, 1.54) is 31.4 Å². The van der Waals surface area contributed by atoms with Crippen molar-refractivity contribution in [3.05, 3.63) is 59.9 Å². The molecule has 1 aromatic carbocycles. The third kappa shape index (κ3) is 5.62. The van der Waals surface area contributed by atoms with Crippen LogP contribution < -0.4 is 4.72 Å². The Balaban J connectivity index is 1.97. The van der Waals surface area contributed by atoms with Crippen molar-refractivity contribution in [2.75, 3.05) is 33.9 Å². The lowest BCUT2D eigenvalue weighted by atomic mass is 10.1. The van der Waals surface area contributed by atoms with E-state index < -0.39 is 10.0 Å². The number of likely N-dealkylation sites (N-methyl/N-ethyl adjacent to an activating group) is 1. The maximum Gasteiger partial charge on any atom is 0.253 e. The molecular weight excluding hydrogens is 354 g/mol. The monoisotopic (exact) mass is 377 g/mol. The van der Waals surface area contributed by atoms with Gasteiger partial charge in [-0.3, -0.25) is 9.78 Å². The third-order valence-corrected chi connectivity index (χ3v) is 5.32. The highest BCUT2D eigenvalue weighted by Crippen LogP contribution is 2.12. The number of carbonyl (C=O) groups is 1. The van der Waals surface area contributed by atoms with Gasteiger partial charge < -0.3 is 9.64 Å². The first-order valence-electron chi connectivity index (χ1n) is 8.17. The number of nitrogens with zero attached hydrogens (tertiary/aromatic N) is 2. The molecule has 0 spiro atoms. The van der Waals surface area contributed by atoms with Crippen molar-refractivity contribution in [3.63, 3.8) is 0 Å². The highest BCUT2D eigenvalue weighted by molar-refractivity contribution is 7.89. The molecule has 140 valence electrons. The number of amides is 1. The van der Waals surface area contributed by atoms with E-state index in [1.807, 2.05) is 12.1 Å². The smallest absolute Gasteiger partial charge is 0.253 e. The summed E-state index contributed by atoms with van der Waals surface area (Å²) in [6.07, 6.45) is 4.16. The van der Waals surface area contributed by atoms with Crippen LogP contribution >= 0.6 is 0 Å². The lowest BCUT2D eigenvalue weighted by Crippen LogP contribution is -2.29. The predicted octanol–water partition coefficient (Wildman–Crippen LogP) is 1.32. The van der Waals surface area contributed by atoms with Gasteiger partial charge in [0.05, 0.1) is 11.5 Å². The normalized spacial score (nSPS) is 11.3. The fourth-order valence-electron chi connectivity index (χ4n) is 2.31. The minimum atomic E-state index is -3.60. The van der Waals surface area contributed by atoms with Gasteiger partial charge >= 0.3 is 0 Å². The van der Waals surface area contributed by atoms with Gasteiger partial charge in [-0.15, -0.1) is 0 Å². The Morgan fingerprint density at radius 1 is 1.15 bits per heavy atom. The molecule has 0 radical (unpaired) electrons. The van der Waals surface area contributed by atoms with Crippen molar-refractivity contribution < 1.29 is 17.9 Å². The molecule has 2 rings (SSSR count). The van der Waals surface area contributed by atoms with Crippen LogP contribution in [0.25, 0.3) is 0 Å². The van der Waals surface area contributed by atoms with Gasteiger partial charge in [0.2, 0.25) is 10.0 Å². The summed E-state index contributed by atoms with van der Waals surface area (Å²) in [6, 6.07) is 9.73. The Labute approximate surface area is 154 Å². The highest BCUT2D eigenvalue weighted by atomic mass is 32.2. The SMILES string of the molecule is COCCNS(=O)(=O)c1ccc(C(=O)N(C)CCc2ccncc2)cc1. The zero-order valence-corrected chi connectivity index (χ0v) is 15.7. The van der Waals surface area contributed by atoms with Gasteiger partial charge in [0, 0.05) is 45.2 Å². The minimum absolute atomic E-state index is 0.115. The van der Waals surface area contributed by atoms with Crippen molar-refractivity contribution >= 4 is 15.9 Å². The fraction of sp³-hybridized carbons (Fsp3) is 0.333. The topological polar surface area (TPSA) is 88.6 Å². The number of nitrogens with one attached hydrogen (secondary N) is 1. The fourth-order valence-corrected chi connectivity index (χ4v) is 3.32. The molecule has 7 nitrogen and oxygen atoms in total. The van der Waals surface area contributed by atoms with E-state index in [9.17, 15) is 13.2 Å². The van der Waals surface area contributed by atoms with E-state index in [0.29, 0.717) is 12.1 Å². The van der Waals surface area contributed by atoms with Crippen molar-refractivity contribution in [3.8, 4) is 0 Å². The summed E-state index contributed by atoms with van der Waals surface area (Å²) in [6.45, 7) is 1.04. The molecule has 0 atom stereocenters. The molecule has 8 heteroatoms. The van der Waals surface area contributed by atoms with Crippen molar-refractivity contribution in [2.45, 2.75) is 11.3 Å². The van der Waals surface area contributed by atoms with E-state index in [4.69, 9.17) is 4.74 Å². The van der Waals surface area contributed by atoms with Gasteiger partial charge in [0.25, 0.3) is 5.91 Å². The van der Waals surface area contributed by atoms with Crippen molar-refractivity contribution in [1.29, 1.82) is 0 Å². The van der Waals surface area contributed by atoms with E-state index in [2.05, 4.69) is 9.71 Å². The molecule has 1 aromatic heterocycles. The average molecular weight is 377 g/mol. The number of rotatable bonds is 9. The number of pyridine rings is 1. The molecule has 1 amide bonds. The van der Waals surface area contributed by atoms with Gasteiger partial charge in [-0.25, -0.2) is 13.1 Å². The van der Waals surface area contributed by atoms with E-state index in [-0.39, 0.29) is 24.0 Å². The molecule has 0 aliphatic rings. The quantitative estimate of drug-likeness (QED) is 0.666. The van der Waals surface area contributed by atoms with Crippen LogP contribution in [-0.2, 0) is 21.2 Å². The number of methoxy groups -OCH3 is 1. The van der Waals surface area contributed by atoms with Crippen LogP contribution in [0.3, 0.4) is 0 Å². The van der Waals surface area contributed by atoms with Gasteiger partial charge in [-0.1, -0.05) is 0 Å². The summed E-state index contributed by atoms with van der Waals surface area (Å²) in [7, 11) is -0.380. The molecule has 0 unspecified atom stereocenters. The lowest BCUT2D eigenvalue weighted by molar-refractivity contribution is 0.0796. The molecule has 1 N–H and O–H groups in total. The van der Waals surface area contributed by atoms with Gasteiger partial charge in [-0.2, -0.15) is 0 Å². The first-order chi connectivity index (χ1) is 12.4. The van der Waals surface area contributed by atoms with E-state index in [1.54, 1.807) is 24.3 Å². The van der Waals surface area contributed by atoms with Crippen LogP contribution in [0.4, 0.5) is 0 Å². The number of hydrogen-bond acceptors (Lipinski definition) is 5. The zero-order valence-electron chi connectivity index (χ0n) is 14.9. The molecule has 2 aromatic rings. The lowest BCUT2D eigenvalue weighted by Gasteiger charge is -2.17. The van der Waals surface area contributed by atoms with Crippen LogP contribution in [0.15, 0.2) is 53.7 Å². The summed E-state index contributed by atoms with van der Waals surface area (Å²) in [4.78, 5) is 18.2. The second kappa shape index (κ2) is 9.42. The summed E-state index contributed by atoms with van der Waals surface area (Å²) in [5, 5.41) is 0. The summed E-state index contributed by atoms with van der Waals surface area (Å²) in [5.74, 6) is -0.157. The molecule has 0 saturated carbocycles. The number of benzene rings is 1. The molecule has 0 saturated heterocycles. The van der Waals surface area contributed by atoms with Crippen LogP contribution in [0, 0.1) is 0 Å². The second-order valence-electron chi connectivity index (χ2n) is 5.75. The van der Waals surface area contributed by atoms with E-state index in [0.717, 1.165) is 12.0 Å². The summed E-state index contributed by atoms with van der Waals surface area (Å²) >= 11 is 0. The van der Waals surface area contributed by atoms with Crippen LogP contribution in [0.5, 0.6) is 0 Å². The largest absolute Gasteiger partial charge is 0.383 e. The number of aromatic nitrogens is 1. The second-order valence-corrected chi connectivity index (χ2v) is 7.51. The number of ether oxygens (including phenoxy) is 1. The zero-order chi connectivity index (χ0) is 19.0. The van der Waals surface area contributed by atoms with Gasteiger partial charge in [-0.05, 0) is 48.4 Å². The number of hydrogen-bond donors (Lipinski definition) is 1. The number of sulfonamides is 1. The molecular formula is C18H23N3O4S. The van der Waals surface area contributed by atoms with Crippen LogP contribution in [0.2, 0.25) is 0 Å². The molecule has 0 aliphatic carbocycles. The van der Waals surface area contributed by atoms with Crippen LogP contribution in [-0.4, -0.2) is 58.1 Å². The molecule has 0 fully saturated rings. The maximum atomic E-state index is 12.5. The third-order valence-electron chi connectivity index (χ3n) is 3.84. The minimum Gasteiger partial charge on any atom is -0.383 e. The summed E-state index contributed by atoms with van der Waals surface area (Å²) in [5.41, 5.74) is 1.54. The molecule has 26 heavy (non-hydrogen) atoms. The maximum absolute atomic E-state index is 12.5. The summed E-state index contributed by atoms with van der Waals surface area (Å²) < 4.78 is 31.5. The Morgan fingerprint density at radius 3 is 2.42 bits per heavy atom. The van der Waals surface area contributed by atoms with Gasteiger partial charge in [0.1, 0.15) is 0 Å². The average Bonchev–Trinajstić information content (AvgIpc) is 2.66. The Morgan fingerprint density at radius 2 is 1.81 bits per heavy atom. The highest BCUT2D eigenvalue weighted by Gasteiger charge is 2.16. The Bertz CT molecular complexity index is 808. The van der Waals surface area contributed by atoms with Crippen molar-refractivity contribution in [2.24, 2.45) is 0 Å². The van der Waals surface area contributed by atoms with Gasteiger partial charge in [0.15, 0.2) is 0 Å². The Hall–Kier alpha value is -2.29. The van der Waals surface area contributed by atoms with E-state index >= 15 is 0 Å². The molecule has 1 heterocycles. The number of carbonyl (C=O) groups excluding carboxylic acids is 1. The van der Waals surface area contributed by atoms with Crippen molar-refractivity contribution in [1.82, 2.24) is 14.6 Å². The standard InChI is InChI=1S/C18H23N3O4S/c1-21(13-9-15-7-10-19-11-8-15)18(22)16-3-5-17(6-4-16)26(23,24)20-12-14-25-2/h3-8,10-11,20H,9,12-14H2,1-2H3. The Kier molecular flexibility index (Phi) is 7.26. The molecule has 0 bridgehead atoms. The molecule has 0 aliphatic heterocycles. The first-order valence-corrected chi connectivity index (χ1v) is 9.65.